The molecule has 0 amide bonds. The highest BCUT2D eigenvalue weighted by Crippen LogP contribution is 2.25. The van der Waals surface area contributed by atoms with E-state index < -0.39 is 7.12 Å². The summed E-state index contributed by atoms with van der Waals surface area (Å²) < 4.78 is 0. The van der Waals surface area contributed by atoms with Crippen molar-refractivity contribution in [3.8, 4) is 0 Å². The molecule has 0 aliphatic carbocycles. The van der Waals surface area contributed by atoms with Gasteiger partial charge >= 0.3 is 7.12 Å². The van der Waals surface area contributed by atoms with Crippen LogP contribution in [0.3, 0.4) is 0 Å². The lowest BCUT2D eigenvalue weighted by Gasteiger charge is -2.12. The second-order valence-corrected chi connectivity index (χ2v) is 6.51. The van der Waals surface area contributed by atoms with E-state index in [1.165, 1.54) is 27.1 Å². The maximum atomic E-state index is 9.49. The Morgan fingerprint density at radius 2 is 1.27 bits per heavy atom. The Morgan fingerprint density at radius 3 is 2.08 bits per heavy atom. The van der Waals surface area contributed by atoms with Crippen LogP contribution < -0.4 is 10.8 Å². The average Bonchev–Trinajstić information content (AvgIpc) is 2.67. The molecule has 0 aliphatic rings. The number of benzene rings is 4. The van der Waals surface area contributed by atoms with E-state index in [0.717, 1.165) is 5.56 Å². The molecule has 4 heteroatoms. The molecule has 0 atom stereocenters. The van der Waals surface area contributed by atoms with E-state index in [1.807, 2.05) is 18.2 Å². The molecule has 0 fully saturated rings. The lowest BCUT2D eigenvalue weighted by molar-refractivity contribution is 0.425. The van der Waals surface area contributed by atoms with E-state index in [-0.39, 0.29) is 0 Å². The van der Waals surface area contributed by atoms with Crippen LogP contribution in [0.1, 0.15) is 11.1 Å². The van der Waals surface area contributed by atoms with Crippen molar-refractivity contribution in [1.82, 2.24) is 5.32 Å². The highest BCUT2D eigenvalue weighted by Gasteiger charge is 2.14. The van der Waals surface area contributed by atoms with Gasteiger partial charge in [0.1, 0.15) is 0 Å². The van der Waals surface area contributed by atoms with Gasteiger partial charge in [-0.05, 0) is 50.3 Å². The van der Waals surface area contributed by atoms with Crippen LogP contribution in [0.15, 0.2) is 78.9 Å². The summed E-state index contributed by atoms with van der Waals surface area (Å²) in [6.45, 7) is 1.29. The summed E-state index contributed by atoms with van der Waals surface area (Å²) in [5, 5.41) is 27.4. The van der Waals surface area contributed by atoms with Gasteiger partial charge < -0.3 is 15.4 Å². The van der Waals surface area contributed by atoms with Crippen molar-refractivity contribution < 1.29 is 10.0 Å². The van der Waals surface area contributed by atoms with E-state index in [2.05, 4.69) is 59.9 Å². The van der Waals surface area contributed by atoms with E-state index in [9.17, 15) is 10.0 Å². The van der Waals surface area contributed by atoms with Gasteiger partial charge in [-0.3, -0.25) is 0 Å². The van der Waals surface area contributed by atoms with Gasteiger partial charge in [-0.15, -0.1) is 0 Å². The molecule has 0 saturated heterocycles. The van der Waals surface area contributed by atoms with E-state index >= 15 is 0 Å². The quantitative estimate of drug-likeness (QED) is 0.386. The van der Waals surface area contributed by atoms with Gasteiger partial charge in [0.05, 0.1) is 0 Å². The van der Waals surface area contributed by atoms with Crippen molar-refractivity contribution in [3.05, 3.63) is 90.0 Å². The maximum Gasteiger partial charge on any atom is 0.488 e. The lowest BCUT2D eigenvalue weighted by atomic mass is 9.77. The molecule has 0 saturated carbocycles. The molecule has 4 aromatic rings. The summed E-state index contributed by atoms with van der Waals surface area (Å²) in [5.74, 6) is 0. The number of fused-ring (bicyclic) bond motifs is 2. The normalized spacial score (nSPS) is 11.2. The van der Waals surface area contributed by atoms with Crippen LogP contribution in [0.2, 0.25) is 0 Å². The Kier molecular flexibility index (Phi) is 4.72. The molecule has 3 nitrogen and oxygen atoms in total. The molecule has 0 aliphatic heterocycles. The second-order valence-electron chi connectivity index (χ2n) is 6.51. The molecule has 0 aromatic heterocycles. The van der Waals surface area contributed by atoms with E-state index in [0.29, 0.717) is 18.6 Å². The molecule has 0 bridgehead atoms. The predicted molar refractivity (Wildman–Crippen MR) is 108 cm³/mol. The van der Waals surface area contributed by atoms with Gasteiger partial charge in [-0.1, -0.05) is 66.7 Å². The lowest BCUT2D eigenvalue weighted by Crippen LogP contribution is -2.34. The van der Waals surface area contributed by atoms with Crippen molar-refractivity contribution in [2.75, 3.05) is 0 Å². The van der Waals surface area contributed by atoms with Crippen LogP contribution in [0.5, 0.6) is 0 Å². The SMILES string of the molecule is OB(O)c1ccccc1CNCc1cccc2cc3ccccc3cc12. The van der Waals surface area contributed by atoms with Crippen LogP contribution in [0.4, 0.5) is 0 Å². The average molecular weight is 341 g/mol. The smallest absolute Gasteiger partial charge is 0.423 e. The molecular weight excluding hydrogens is 321 g/mol. The third-order valence-electron chi connectivity index (χ3n) is 4.80. The summed E-state index contributed by atoms with van der Waals surface area (Å²) in [6, 6.07) is 26.6. The van der Waals surface area contributed by atoms with Gasteiger partial charge in [-0.2, -0.15) is 0 Å². The Labute approximate surface area is 153 Å². The highest BCUT2D eigenvalue weighted by atomic mass is 16.4. The van der Waals surface area contributed by atoms with Gasteiger partial charge in [-0.25, -0.2) is 0 Å². The van der Waals surface area contributed by atoms with Gasteiger partial charge in [0, 0.05) is 13.1 Å². The monoisotopic (exact) mass is 341 g/mol. The Balaban J connectivity index is 1.59. The van der Waals surface area contributed by atoms with Crippen molar-refractivity contribution in [2.45, 2.75) is 13.1 Å². The largest absolute Gasteiger partial charge is 0.488 e. The van der Waals surface area contributed by atoms with E-state index in [4.69, 9.17) is 0 Å². The zero-order valence-electron chi connectivity index (χ0n) is 14.4. The molecule has 0 spiro atoms. The Morgan fingerprint density at radius 1 is 0.654 bits per heavy atom. The molecule has 128 valence electrons. The third-order valence-corrected chi connectivity index (χ3v) is 4.80. The zero-order valence-corrected chi connectivity index (χ0v) is 14.4. The molecule has 0 radical (unpaired) electrons. The summed E-state index contributed by atoms with van der Waals surface area (Å²) in [4.78, 5) is 0. The predicted octanol–water partition coefficient (Wildman–Crippen LogP) is 2.96. The summed E-state index contributed by atoms with van der Waals surface area (Å²) in [7, 11) is -1.45. The molecule has 0 heterocycles. The van der Waals surface area contributed by atoms with Crippen LogP contribution in [-0.4, -0.2) is 17.2 Å². The number of hydrogen-bond acceptors (Lipinski definition) is 3. The van der Waals surface area contributed by atoms with Gasteiger partial charge in [0.2, 0.25) is 0 Å². The molecule has 0 unspecified atom stereocenters. The van der Waals surface area contributed by atoms with Gasteiger partial charge in [0.15, 0.2) is 0 Å². The maximum absolute atomic E-state index is 9.49. The fourth-order valence-electron chi connectivity index (χ4n) is 3.46. The van der Waals surface area contributed by atoms with Crippen LogP contribution >= 0.6 is 0 Å². The minimum atomic E-state index is -1.45. The number of rotatable bonds is 5. The summed E-state index contributed by atoms with van der Waals surface area (Å²) in [6.07, 6.45) is 0. The summed E-state index contributed by atoms with van der Waals surface area (Å²) in [5.41, 5.74) is 2.67. The first kappa shape index (κ1) is 16.8. The third kappa shape index (κ3) is 3.35. The first-order valence-electron chi connectivity index (χ1n) is 8.77. The minimum absolute atomic E-state index is 0.545. The van der Waals surface area contributed by atoms with Crippen molar-refractivity contribution in [2.24, 2.45) is 0 Å². The molecule has 26 heavy (non-hydrogen) atoms. The van der Waals surface area contributed by atoms with Crippen molar-refractivity contribution >= 4 is 34.1 Å². The number of hydrogen-bond donors (Lipinski definition) is 3. The second kappa shape index (κ2) is 7.30. The topological polar surface area (TPSA) is 52.5 Å². The first-order chi connectivity index (χ1) is 12.7. The first-order valence-corrected chi connectivity index (χ1v) is 8.77. The van der Waals surface area contributed by atoms with Crippen molar-refractivity contribution in [1.29, 1.82) is 0 Å². The molecule has 4 aromatic carbocycles. The van der Waals surface area contributed by atoms with Crippen LogP contribution in [-0.2, 0) is 13.1 Å². The van der Waals surface area contributed by atoms with Crippen LogP contribution in [0, 0.1) is 0 Å². The molecular formula is C22H20BNO2. The van der Waals surface area contributed by atoms with E-state index in [1.54, 1.807) is 6.07 Å². The molecule has 3 N–H and O–H groups in total. The Bertz CT molecular complexity index is 1060. The fraction of sp³-hybridized carbons (Fsp3) is 0.0909. The number of nitrogens with one attached hydrogen (secondary N) is 1. The fourth-order valence-corrected chi connectivity index (χ4v) is 3.46. The van der Waals surface area contributed by atoms with Crippen LogP contribution in [0.25, 0.3) is 21.5 Å². The van der Waals surface area contributed by atoms with Gasteiger partial charge in [0.25, 0.3) is 0 Å². The summed E-state index contributed by atoms with van der Waals surface area (Å²) >= 11 is 0. The zero-order chi connectivity index (χ0) is 17.9. The highest BCUT2D eigenvalue weighted by molar-refractivity contribution is 6.59. The minimum Gasteiger partial charge on any atom is -0.423 e. The standard InChI is InChI=1S/C22H20BNO2/c25-23(26)22-11-4-3-8-20(22)15-24-14-19-10-5-9-18-12-16-6-1-2-7-17(16)13-21(18)19/h1-13,24-26H,14-15H2. The van der Waals surface area contributed by atoms with Crippen molar-refractivity contribution in [3.63, 3.8) is 0 Å². The molecule has 4 rings (SSSR count). The Hall–Kier alpha value is -2.66.